The monoisotopic (exact) mass is 448 g/mol. The van der Waals surface area contributed by atoms with Crippen LogP contribution in [-0.4, -0.2) is 31.6 Å². The first-order valence-corrected chi connectivity index (χ1v) is 10.8. The molecule has 0 saturated carbocycles. The summed E-state index contributed by atoms with van der Waals surface area (Å²) >= 11 is 0. The van der Waals surface area contributed by atoms with Crippen molar-refractivity contribution in [3.05, 3.63) is 83.7 Å². The predicted molar refractivity (Wildman–Crippen MR) is 125 cm³/mol. The zero-order valence-corrected chi connectivity index (χ0v) is 18.3. The first-order valence-electron chi connectivity index (χ1n) is 10.8. The summed E-state index contributed by atoms with van der Waals surface area (Å²) in [6.07, 6.45) is 1.54. The quantitative estimate of drug-likeness (QED) is 0.494. The van der Waals surface area contributed by atoms with Crippen molar-refractivity contribution in [2.45, 2.75) is 19.8 Å². The Bertz CT molecular complexity index is 1150. The van der Waals surface area contributed by atoms with Gasteiger partial charge in [-0.15, -0.1) is 0 Å². The molecule has 1 N–H and O–H groups in total. The Balaban J connectivity index is 1.37. The fraction of sp³-hybridized carbons (Fsp3) is 0.231. The number of nitrogens with zero attached hydrogens (tertiary/aromatic N) is 1. The summed E-state index contributed by atoms with van der Waals surface area (Å²) in [6, 6.07) is 18.3. The van der Waals surface area contributed by atoms with E-state index in [1.807, 2.05) is 31.2 Å². The number of fused-ring (bicyclic) bond motifs is 1. The number of carbonyl (C=O) groups is 2. The van der Waals surface area contributed by atoms with E-state index in [4.69, 9.17) is 9.47 Å². The standard InChI is InChI=1S/C26H25FN2O4/c1-18-6-2-3-7-23(18)32-15-5-4-14-29-22-16-21(12-13-24(22)33-17-25(29)30)28-26(31)19-8-10-20(27)11-9-19/h2-3,6-13,16H,4-5,14-15,17H2,1H3,(H,28,31). The maximum atomic E-state index is 13.1. The van der Waals surface area contributed by atoms with Gasteiger partial charge in [-0.2, -0.15) is 0 Å². The van der Waals surface area contributed by atoms with Crippen LogP contribution in [0.4, 0.5) is 15.8 Å². The van der Waals surface area contributed by atoms with E-state index >= 15 is 0 Å². The Morgan fingerprint density at radius 1 is 1.09 bits per heavy atom. The van der Waals surface area contributed by atoms with E-state index in [0.717, 1.165) is 24.2 Å². The molecule has 7 heteroatoms. The van der Waals surface area contributed by atoms with Crippen molar-refractivity contribution in [3.63, 3.8) is 0 Å². The highest BCUT2D eigenvalue weighted by Gasteiger charge is 2.25. The fourth-order valence-corrected chi connectivity index (χ4v) is 3.60. The zero-order chi connectivity index (χ0) is 23.2. The summed E-state index contributed by atoms with van der Waals surface area (Å²) in [5.74, 6) is 0.551. The number of hydrogen-bond donors (Lipinski definition) is 1. The van der Waals surface area contributed by atoms with Crippen molar-refractivity contribution in [2.75, 3.05) is 30.0 Å². The molecule has 0 bridgehead atoms. The lowest BCUT2D eigenvalue weighted by Crippen LogP contribution is -2.39. The minimum Gasteiger partial charge on any atom is -0.493 e. The van der Waals surface area contributed by atoms with E-state index in [2.05, 4.69) is 5.32 Å². The van der Waals surface area contributed by atoms with Crippen LogP contribution in [0.3, 0.4) is 0 Å². The number of rotatable bonds is 8. The Morgan fingerprint density at radius 2 is 1.88 bits per heavy atom. The minimum atomic E-state index is -0.407. The summed E-state index contributed by atoms with van der Waals surface area (Å²) < 4.78 is 24.5. The second-order valence-electron chi connectivity index (χ2n) is 7.80. The van der Waals surface area contributed by atoms with Gasteiger partial charge in [-0.3, -0.25) is 9.59 Å². The zero-order valence-electron chi connectivity index (χ0n) is 18.3. The van der Waals surface area contributed by atoms with Gasteiger partial charge < -0.3 is 19.7 Å². The Labute approximate surface area is 191 Å². The molecular weight excluding hydrogens is 423 g/mol. The van der Waals surface area contributed by atoms with Gasteiger partial charge in [-0.05, 0) is 73.9 Å². The topological polar surface area (TPSA) is 67.9 Å². The molecule has 1 aliphatic rings. The molecule has 1 heterocycles. The number of aryl methyl sites for hydroxylation is 1. The van der Waals surface area contributed by atoms with Gasteiger partial charge in [0.05, 0.1) is 12.3 Å². The van der Waals surface area contributed by atoms with Crippen LogP contribution in [0.1, 0.15) is 28.8 Å². The predicted octanol–water partition coefficient (Wildman–Crippen LogP) is 4.97. The number of unbranched alkanes of at least 4 members (excludes halogenated alkanes) is 1. The number of para-hydroxylation sites is 1. The van der Waals surface area contributed by atoms with E-state index in [0.29, 0.717) is 35.8 Å². The molecule has 0 aromatic heterocycles. The lowest BCUT2D eigenvalue weighted by atomic mass is 10.1. The first-order chi connectivity index (χ1) is 16.0. The number of anilines is 2. The summed E-state index contributed by atoms with van der Waals surface area (Å²) in [4.78, 5) is 26.7. The van der Waals surface area contributed by atoms with Gasteiger partial charge in [-0.1, -0.05) is 18.2 Å². The van der Waals surface area contributed by atoms with Gasteiger partial charge in [0.1, 0.15) is 17.3 Å². The number of nitrogens with one attached hydrogen (secondary N) is 1. The maximum Gasteiger partial charge on any atom is 0.265 e. The van der Waals surface area contributed by atoms with Crippen molar-refractivity contribution in [3.8, 4) is 11.5 Å². The van der Waals surface area contributed by atoms with Gasteiger partial charge in [0.2, 0.25) is 0 Å². The second-order valence-corrected chi connectivity index (χ2v) is 7.80. The van der Waals surface area contributed by atoms with Crippen LogP contribution in [0.25, 0.3) is 0 Å². The average Bonchev–Trinajstić information content (AvgIpc) is 2.81. The molecule has 170 valence electrons. The summed E-state index contributed by atoms with van der Waals surface area (Å²) in [7, 11) is 0. The van der Waals surface area contributed by atoms with Crippen molar-refractivity contribution >= 4 is 23.2 Å². The Kier molecular flexibility index (Phi) is 6.88. The molecular formula is C26H25FN2O4. The van der Waals surface area contributed by atoms with Gasteiger partial charge in [0.25, 0.3) is 11.8 Å². The molecule has 0 unspecified atom stereocenters. The molecule has 1 aliphatic heterocycles. The van der Waals surface area contributed by atoms with E-state index in [1.165, 1.54) is 24.3 Å². The number of amides is 2. The number of ether oxygens (including phenoxy) is 2. The third-order valence-corrected chi connectivity index (χ3v) is 5.39. The van der Waals surface area contributed by atoms with Crippen LogP contribution in [0.5, 0.6) is 11.5 Å². The molecule has 0 saturated heterocycles. The molecule has 0 atom stereocenters. The van der Waals surface area contributed by atoms with E-state index < -0.39 is 5.82 Å². The molecule has 4 rings (SSSR count). The highest BCUT2D eigenvalue weighted by Crippen LogP contribution is 2.35. The maximum absolute atomic E-state index is 13.1. The smallest absolute Gasteiger partial charge is 0.265 e. The largest absolute Gasteiger partial charge is 0.493 e. The minimum absolute atomic E-state index is 0.0198. The fourth-order valence-electron chi connectivity index (χ4n) is 3.60. The highest BCUT2D eigenvalue weighted by atomic mass is 19.1. The lowest BCUT2D eigenvalue weighted by Gasteiger charge is -2.30. The first kappa shape index (κ1) is 22.3. The summed E-state index contributed by atoms with van der Waals surface area (Å²) in [5, 5.41) is 2.79. The van der Waals surface area contributed by atoms with Gasteiger partial charge >= 0.3 is 0 Å². The number of carbonyl (C=O) groups excluding carboxylic acids is 2. The Hall–Kier alpha value is -3.87. The van der Waals surface area contributed by atoms with Crippen LogP contribution >= 0.6 is 0 Å². The molecule has 0 radical (unpaired) electrons. The molecule has 2 amide bonds. The third-order valence-electron chi connectivity index (χ3n) is 5.39. The average molecular weight is 448 g/mol. The summed E-state index contributed by atoms with van der Waals surface area (Å²) in [5.41, 5.74) is 2.56. The molecule has 33 heavy (non-hydrogen) atoms. The molecule has 3 aromatic rings. The van der Waals surface area contributed by atoms with Gasteiger partial charge in [0, 0.05) is 17.8 Å². The van der Waals surface area contributed by atoms with E-state index in [-0.39, 0.29) is 18.4 Å². The van der Waals surface area contributed by atoms with E-state index in [1.54, 1.807) is 23.1 Å². The van der Waals surface area contributed by atoms with Crippen LogP contribution in [0, 0.1) is 12.7 Å². The molecule has 6 nitrogen and oxygen atoms in total. The van der Waals surface area contributed by atoms with Crippen LogP contribution in [0.15, 0.2) is 66.7 Å². The summed E-state index contributed by atoms with van der Waals surface area (Å²) in [6.45, 7) is 3.06. The second kappa shape index (κ2) is 10.2. The van der Waals surface area contributed by atoms with Crippen LogP contribution in [0.2, 0.25) is 0 Å². The van der Waals surface area contributed by atoms with Crippen molar-refractivity contribution in [1.29, 1.82) is 0 Å². The van der Waals surface area contributed by atoms with Crippen LogP contribution < -0.4 is 19.7 Å². The molecule has 0 fully saturated rings. The molecule has 0 spiro atoms. The lowest BCUT2D eigenvalue weighted by molar-refractivity contribution is -0.121. The SMILES string of the molecule is Cc1ccccc1OCCCCN1C(=O)COc2ccc(NC(=O)c3ccc(F)cc3)cc21. The normalized spacial score (nSPS) is 12.7. The number of halogens is 1. The molecule has 3 aromatic carbocycles. The Morgan fingerprint density at radius 3 is 2.67 bits per heavy atom. The van der Waals surface area contributed by atoms with Crippen molar-refractivity contribution < 1.29 is 23.5 Å². The van der Waals surface area contributed by atoms with Crippen molar-refractivity contribution in [1.82, 2.24) is 0 Å². The number of hydrogen-bond acceptors (Lipinski definition) is 4. The molecule has 0 aliphatic carbocycles. The van der Waals surface area contributed by atoms with E-state index in [9.17, 15) is 14.0 Å². The van der Waals surface area contributed by atoms with Gasteiger partial charge in [-0.25, -0.2) is 4.39 Å². The highest BCUT2D eigenvalue weighted by molar-refractivity contribution is 6.05. The third kappa shape index (κ3) is 5.49. The van der Waals surface area contributed by atoms with Crippen molar-refractivity contribution in [2.24, 2.45) is 0 Å². The number of benzene rings is 3. The van der Waals surface area contributed by atoms with Crippen LogP contribution in [-0.2, 0) is 4.79 Å². The van der Waals surface area contributed by atoms with Gasteiger partial charge in [0.15, 0.2) is 6.61 Å².